The van der Waals surface area contributed by atoms with Gasteiger partial charge in [-0.15, -0.1) is 11.8 Å². The minimum Gasteiger partial charge on any atom is -0.399 e. The van der Waals surface area contributed by atoms with Crippen LogP contribution in [0, 0.1) is 0 Å². The maximum Gasteiger partial charge on any atom is 0.234 e. The molecule has 0 aliphatic heterocycles. The van der Waals surface area contributed by atoms with Crippen molar-refractivity contribution in [2.75, 3.05) is 16.8 Å². The summed E-state index contributed by atoms with van der Waals surface area (Å²) in [5.74, 6) is 0.307. The van der Waals surface area contributed by atoms with Gasteiger partial charge in [-0.3, -0.25) is 4.79 Å². The highest BCUT2D eigenvalue weighted by molar-refractivity contribution is 9.10. The third-order valence-electron chi connectivity index (χ3n) is 2.45. The van der Waals surface area contributed by atoms with E-state index in [9.17, 15) is 4.79 Å². The van der Waals surface area contributed by atoms with Crippen molar-refractivity contribution in [2.24, 2.45) is 0 Å². The maximum absolute atomic E-state index is 11.9. The van der Waals surface area contributed by atoms with Crippen molar-refractivity contribution in [3.63, 3.8) is 0 Å². The van der Waals surface area contributed by atoms with Crippen LogP contribution in [0.5, 0.6) is 0 Å². The molecule has 0 spiro atoms. The molecule has 2 aromatic rings. The van der Waals surface area contributed by atoms with Crippen LogP contribution in [0.3, 0.4) is 0 Å². The Bertz CT molecular complexity index is 617. The van der Waals surface area contributed by atoms with E-state index >= 15 is 0 Å². The molecule has 3 nitrogen and oxygen atoms in total. The monoisotopic (exact) mass is 414 g/mol. The Morgan fingerprint density at radius 2 is 1.85 bits per heavy atom. The number of benzene rings is 2. The molecule has 2 rings (SSSR count). The van der Waals surface area contributed by atoms with Crippen LogP contribution >= 0.6 is 43.6 Å². The summed E-state index contributed by atoms with van der Waals surface area (Å²) >= 11 is 8.25. The minimum absolute atomic E-state index is 0.0524. The van der Waals surface area contributed by atoms with E-state index < -0.39 is 0 Å². The number of hydrogen-bond donors (Lipinski definition) is 2. The zero-order valence-electron chi connectivity index (χ0n) is 10.4. The van der Waals surface area contributed by atoms with Gasteiger partial charge in [-0.25, -0.2) is 0 Å². The number of anilines is 2. The van der Waals surface area contributed by atoms with Crippen LogP contribution in [0.15, 0.2) is 56.3 Å². The highest BCUT2D eigenvalue weighted by atomic mass is 79.9. The molecule has 0 unspecified atom stereocenters. The summed E-state index contributed by atoms with van der Waals surface area (Å²) in [4.78, 5) is 13.0. The fourth-order valence-corrected chi connectivity index (χ4v) is 2.96. The van der Waals surface area contributed by atoms with Crippen LogP contribution in [-0.2, 0) is 4.79 Å². The number of halogens is 2. The standard InChI is InChI=1S/C14H12Br2N2OS/c15-9-1-4-11(5-2-9)20-8-14(19)18-13-6-3-10(17)7-12(13)16/h1-7H,8,17H2,(H,18,19). The first-order valence-corrected chi connectivity index (χ1v) is 8.35. The minimum atomic E-state index is -0.0524. The van der Waals surface area contributed by atoms with Gasteiger partial charge in [-0.2, -0.15) is 0 Å². The quantitative estimate of drug-likeness (QED) is 0.569. The van der Waals surface area contributed by atoms with Crippen molar-refractivity contribution in [3.05, 3.63) is 51.4 Å². The van der Waals surface area contributed by atoms with Gasteiger partial charge in [0.2, 0.25) is 5.91 Å². The largest absolute Gasteiger partial charge is 0.399 e. The predicted molar refractivity (Wildman–Crippen MR) is 92.1 cm³/mol. The molecular weight excluding hydrogens is 404 g/mol. The predicted octanol–water partition coefficient (Wildman–Crippen LogP) is 4.52. The molecule has 1 amide bonds. The number of nitrogens with two attached hydrogens (primary N) is 1. The first-order chi connectivity index (χ1) is 9.54. The zero-order chi connectivity index (χ0) is 14.5. The summed E-state index contributed by atoms with van der Waals surface area (Å²) in [7, 11) is 0. The summed E-state index contributed by atoms with van der Waals surface area (Å²) in [5.41, 5.74) is 7.03. The number of amides is 1. The molecule has 20 heavy (non-hydrogen) atoms. The topological polar surface area (TPSA) is 55.1 Å². The van der Waals surface area contributed by atoms with Gasteiger partial charge in [0.05, 0.1) is 11.4 Å². The van der Waals surface area contributed by atoms with Gasteiger partial charge in [0, 0.05) is 19.5 Å². The van der Waals surface area contributed by atoms with Gasteiger partial charge in [0.25, 0.3) is 0 Å². The highest BCUT2D eigenvalue weighted by Crippen LogP contribution is 2.25. The molecule has 6 heteroatoms. The van der Waals surface area contributed by atoms with Crippen LogP contribution in [0.25, 0.3) is 0 Å². The van der Waals surface area contributed by atoms with Gasteiger partial charge >= 0.3 is 0 Å². The molecule has 0 bridgehead atoms. The number of nitrogens with one attached hydrogen (secondary N) is 1. The highest BCUT2D eigenvalue weighted by Gasteiger charge is 2.06. The first-order valence-electron chi connectivity index (χ1n) is 5.78. The molecule has 2 aromatic carbocycles. The van der Waals surface area contributed by atoms with E-state index in [1.807, 2.05) is 24.3 Å². The summed E-state index contributed by atoms with van der Waals surface area (Å²) in [6.07, 6.45) is 0. The Kier molecular flexibility index (Phi) is 5.51. The molecule has 0 atom stereocenters. The number of thioether (sulfide) groups is 1. The molecular formula is C14H12Br2N2OS. The van der Waals surface area contributed by atoms with Crippen LogP contribution in [0.2, 0.25) is 0 Å². The van der Waals surface area contributed by atoms with Crippen LogP contribution in [0.4, 0.5) is 11.4 Å². The number of rotatable bonds is 4. The van der Waals surface area contributed by atoms with Crippen LogP contribution in [-0.4, -0.2) is 11.7 Å². The molecule has 104 valence electrons. The van der Waals surface area contributed by atoms with E-state index in [0.29, 0.717) is 11.4 Å². The Hall–Kier alpha value is -0.980. The number of hydrogen-bond acceptors (Lipinski definition) is 3. The maximum atomic E-state index is 11.9. The van der Waals surface area contributed by atoms with Gasteiger partial charge < -0.3 is 11.1 Å². The zero-order valence-corrected chi connectivity index (χ0v) is 14.4. The Morgan fingerprint density at radius 1 is 1.15 bits per heavy atom. The molecule has 0 radical (unpaired) electrons. The Morgan fingerprint density at radius 3 is 2.50 bits per heavy atom. The van der Waals surface area contributed by atoms with Gasteiger partial charge in [0.15, 0.2) is 0 Å². The van der Waals surface area contributed by atoms with E-state index in [2.05, 4.69) is 37.2 Å². The second-order valence-corrected chi connectivity index (χ2v) is 6.85. The Balaban J connectivity index is 1.90. The average molecular weight is 416 g/mol. The van der Waals surface area contributed by atoms with E-state index in [0.717, 1.165) is 19.5 Å². The summed E-state index contributed by atoms with van der Waals surface area (Å²) in [6, 6.07) is 13.2. The first kappa shape index (κ1) is 15.4. The molecule has 0 aliphatic rings. The normalized spacial score (nSPS) is 10.3. The van der Waals surface area contributed by atoms with Crippen LogP contribution < -0.4 is 11.1 Å². The molecule has 0 saturated carbocycles. The molecule has 0 aliphatic carbocycles. The lowest BCUT2D eigenvalue weighted by molar-refractivity contribution is -0.113. The number of carbonyl (C=O) groups excluding carboxylic acids is 1. The lowest BCUT2D eigenvalue weighted by atomic mass is 10.3. The van der Waals surface area contributed by atoms with E-state index in [4.69, 9.17) is 5.73 Å². The summed E-state index contributed by atoms with van der Waals surface area (Å²) < 4.78 is 1.80. The van der Waals surface area contributed by atoms with Gasteiger partial charge in [-0.1, -0.05) is 15.9 Å². The fraction of sp³-hybridized carbons (Fsp3) is 0.0714. The summed E-state index contributed by atoms with van der Waals surface area (Å²) in [5, 5.41) is 2.85. The Labute approximate surface area is 138 Å². The smallest absolute Gasteiger partial charge is 0.234 e. The van der Waals surface area contributed by atoms with Crippen LogP contribution in [0.1, 0.15) is 0 Å². The fourth-order valence-electron chi connectivity index (χ4n) is 1.50. The number of carbonyl (C=O) groups is 1. The lowest BCUT2D eigenvalue weighted by Crippen LogP contribution is -2.14. The van der Waals surface area contributed by atoms with Crippen molar-refractivity contribution in [2.45, 2.75) is 4.90 Å². The van der Waals surface area contributed by atoms with Crippen molar-refractivity contribution < 1.29 is 4.79 Å². The summed E-state index contributed by atoms with van der Waals surface area (Å²) in [6.45, 7) is 0. The molecule has 0 fully saturated rings. The molecule has 0 saturated heterocycles. The van der Waals surface area contributed by atoms with E-state index in [1.54, 1.807) is 18.2 Å². The number of nitrogen functional groups attached to an aromatic ring is 1. The van der Waals surface area contributed by atoms with E-state index in [1.165, 1.54) is 11.8 Å². The molecule has 0 aromatic heterocycles. The third-order valence-corrected chi connectivity index (χ3v) is 4.65. The third kappa shape index (κ3) is 4.54. The van der Waals surface area contributed by atoms with Crippen molar-refractivity contribution >= 4 is 60.9 Å². The van der Waals surface area contributed by atoms with E-state index in [-0.39, 0.29) is 5.91 Å². The average Bonchev–Trinajstić information content (AvgIpc) is 2.41. The second-order valence-electron chi connectivity index (χ2n) is 4.03. The van der Waals surface area contributed by atoms with Crippen molar-refractivity contribution in [1.29, 1.82) is 0 Å². The second kappa shape index (κ2) is 7.15. The van der Waals surface area contributed by atoms with Gasteiger partial charge in [-0.05, 0) is 58.4 Å². The lowest BCUT2D eigenvalue weighted by Gasteiger charge is -2.08. The molecule has 3 N–H and O–H groups in total. The molecule has 0 heterocycles. The van der Waals surface area contributed by atoms with Crippen molar-refractivity contribution in [1.82, 2.24) is 0 Å². The van der Waals surface area contributed by atoms with Crippen molar-refractivity contribution in [3.8, 4) is 0 Å². The van der Waals surface area contributed by atoms with Gasteiger partial charge in [0.1, 0.15) is 0 Å². The SMILES string of the molecule is Nc1ccc(NC(=O)CSc2ccc(Br)cc2)c(Br)c1.